The van der Waals surface area contributed by atoms with E-state index in [1.807, 2.05) is 104 Å². The molecule has 58 heavy (non-hydrogen) atoms. The molecule has 2 heterocycles. The molecular formula is C46H48N2O8S2. The van der Waals surface area contributed by atoms with E-state index in [1.165, 1.54) is 20.7 Å². The third-order valence-corrected chi connectivity index (χ3v) is 14.9. The normalized spacial score (nSPS) is 20.0. The Morgan fingerprint density at radius 3 is 2.12 bits per heavy atom. The van der Waals surface area contributed by atoms with E-state index in [-0.39, 0.29) is 40.5 Å². The summed E-state index contributed by atoms with van der Waals surface area (Å²) in [7, 11) is -6.20. The highest BCUT2D eigenvalue weighted by molar-refractivity contribution is 7.89. The van der Waals surface area contributed by atoms with Gasteiger partial charge in [0.05, 0.1) is 22.0 Å². The summed E-state index contributed by atoms with van der Waals surface area (Å²) in [6, 6.07) is 38.7. The molecule has 10 nitrogen and oxygen atoms in total. The van der Waals surface area contributed by atoms with Crippen molar-refractivity contribution in [2.24, 2.45) is 5.92 Å². The molecule has 2 aliphatic rings. The van der Waals surface area contributed by atoms with Crippen LogP contribution in [0, 0.1) is 5.92 Å². The molecule has 4 atom stereocenters. The zero-order chi connectivity index (χ0) is 41.0. The largest absolute Gasteiger partial charge is 0.482 e. The van der Waals surface area contributed by atoms with E-state index in [9.17, 15) is 26.7 Å². The lowest BCUT2D eigenvalue weighted by molar-refractivity contribution is -0.139. The SMILES string of the molecule is C=C(C)[C@@H]1C[C@@H](c2ccc(S(=O)(=O)N(C)Cc3ccccc3)cc2)[C@@H](Cc2ccccc2)O[C@H]1c1cc(S(=O)(=O)N2CCc3ccccc3C2)ccc1OCC(=O)O. The molecule has 0 amide bonds. The van der Waals surface area contributed by atoms with E-state index in [2.05, 4.69) is 6.58 Å². The van der Waals surface area contributed by atoms with Gasteiger partial charge in [-0.1, -0.05) is 109 Å². The van der Waals surface area contributed by atoms with Gasteiger partial charge >= 0.3 is 5.97 Å². The van der Waals surface area contributed by atoms with E-state index >= 15 is 0 Å². The second kappa shape index (κ2) is 17.4. The summed E-state index contributed by atoms with van der Waals surface area (Å²) in [6.45, 7) is 6.40. The highest BCUT2D eigenvalue weighted by Crippen LogP contribution is 2.49. The Kier molecular flexibility index (Phi) is 12.3. The Morgan fingerprint density at radius 2 is 1.47 bits per heavy atom. The molecule has 1 fully saturated rings. The van der Waals surface area contributed by atoms with Gasteiger partial charge in [-0.25, -0.2) is 21.6 Å². The van der Waals surface area contributed by atoms with Gasteiger partial charge in [0.15, 0.2) is 6.61 Å². The quantitative estimate of drug-likeness (QED) is 0.113. The number of nitrogens with zero attached hydrogens (tertiary/aromatic N) is 2. The second-order valence-electron chi connectivity index (χ2n) is 15.1. The molecule has 0 unspecified atom stereocenters. The summed E-state index contributed by atoms with van der Waals surface area (Å²) in [5.41, 5.74) is 6.09. The van der Waals surface area contributed by atoms with E-state index in [1.54, 1.807) is 25.2 Å². The summed E-state index contributed by atoms with van der Waals surface area (Å²) < 4.78 is 71.6. The molecule has 0 radical (unpaired) electrons. The van der Waals surface area contributed by atoms with Gasteiger partial charge in [-0.15, -0.1) is 0 Å². The average Bonchev–Trinajstić information content (AvgIpc) is 3.23. The number of ether oxygens (including phenoxy) is 2. The molecule has 0 aromatic heterocycles. The number of carbonyl (C=O) groups is 1. The lowest BCUT2D eigenvalue weighted by Crippen LogP contribution is -2.38. The molecule has 5 aromatic carbocycles. The highest BCUT2D eigenvalue weighted by Gasteiger charge is 2.42. The summed E-state index contributed by atoms with van der Waals surface area (Å²) in [4.78, 5) is 11.9. The van der Waals surface area contributed by atoms with Crippen molar-refractivity contribution in [1.82, 2.24) is 8.61 Å². The molecule has 0 bridgehead atoms. The zero-order valence-electron chi connectivity index (χ0n) is 32.6. The van der Waals surface area contributed by atoms with Crippen LogP contribution >= 0.6 is 0 Å². The number of hydrogen-bond acceptors (Lipinski definition) is 7. The Balaban J connectivity index is 1.24. The van der Waals surface area contributed by atoms with E-state index in [0.29, 0.717) is 31.4 Å². The van der Waals surface area contributed by atoms with Crippen molar-refractivity contribution in [3.8, 4) is 5.75 Å². The third kappa shape index (κ3) is 8.96. The standard InChI is InChI=1S/C46H48N2O8S2/c1-32(2)40-28-41(36-18-20-38(21-19-36)57(51,52)47(3)29-34-14-8-5-9-15-34)44(26-33-12-6-4-7-13-33)56-46(40)42-27-39(22-23-43(42)55-31-45(49)50)58(53,54)48-25-24-35-16-10-11-17-37(35)30-48/h4-23,27,40-41,44,46H,1,24-26,28-31H2,2-3H3,(H,49,50)/t40-,41-,44+,46+/m0/s1. The van der Waals surface area contributed by atoms with Crippen molar-refractivity contribution in [2.75, 3.05) is 20.2 Å². The van der Waals surface area contributed by atoms with E-state index < -0.39 is 44.8 Å². The van der Waals surface area contributed by atoms with Crippen LogP contribution in [0.3, 0.4) is 0 Å². The molecular weight excluding hydrogens is 773 g/mol. The fourth-order valence-corrected chi connectivity index (χ4v) is 10.7. The van der Waals surface area contributed by atoms with Crippen molar-refractivity contribution in [1.29, 1.82) is 0 Å². The van der Waals surface area contributed by atoms with Crippen LogP contribution in [0.2, 0.25) is 0 Å². The van der Waals surface area contributed by atoms with E-state index in [0.717, 1.165) is 33.4 Å². The number of sulfonamides is 2. The van der Waals surface area contributed by atoms with Crippen molar-refractivity contribution in [3.63, 3.8) is 0 Å². The fourth-order valence-electron chi connectivity index (χ4n) is 8.06. The van der Waals surface area contributed by atoms with Crippen molar-refractivity contribution in [3.05, 3.63) is 173 Å². The minimum absolute atomic E-state index is 0.0596. The second-order valence-corrected chi connectivity index (χ2v) is 19.1. The Morgan fingerprint density at radius 1 is 0.845 bits per heavy atom. The molecule has 302 valence electrons. The van der Waals surface area contributed by atoms with Crippen LogP contribution in [0.25, 0.3) is 0 Å². The van der Waals surface area contributed by atoms with Gasteiger partial charge in [-0.05, 0) is 84.3 Å². The van der Waals surface area contributed by atoms with Gasteiger partial charge in [0.25, 0.3) is 0 Å². The summed E-state index contributed by atoms with van der Waals surface area (Å²) >= 11 is 0. The molecule has 7 rings (SSSR count). The van der Waals surface area contributed by atoms with Crippen molar-refractivity contribution >= 4 is 26.0 Å². The summed E-state index contributed by atoms with van der Waals surface area (Å²) in [5.74, 6) is -1.51. The third-order valence-electron chi connectivity index (χ3n) is 11.2. The Bertz CT molecular complexity index is 2480. The number of carboxylic acid groups (broad SMARTS) is 1. The lowest BCUT2D eigenvalue weighted by atomic mass is 9.74. The minimum atomic E-state index is -3.98. The summed E-state index contributed by atoms with van der Waals surface area (Å²) in [6.07, 6.45) is 0.440. The average molecular weight is 821 g/mol. The minimum Gasteiger partial charge on any atom is -0.482 e. The molecule has 0 spiro atoms. The topological polar surface area (TPSA) is 131 Å². The van der Waals surface area contributed by atoms with Crippen LogP contribution < -0.4 is 4.74 Å². The van der Waals surface area contributed by atoms with Gasteiger partial charge in [0.1, 0.15) is 5.75 Å². The predicted molar refractivity (Wildman–Crippen MR) is 222 cm³/mol. The first-order valence-corrected chi connectivity index (χ1v) is 22.2. The van der Waals surface area contributed by atoms with Crippen LogP contribution in [0.1, 0.15) is 58.7 Å². The van der Waals surface area contributed by atoms with Crippen LogP contribution in [-0.4, -0.2) is 62.8 Å². The Hall–Kier alpha value is -5.11. The van der Waals surface area contributed by atoms with Crippen molar-refractivity contribution in [2.45, 2.75) is 67.2 Å². The maximum Gasteiger partial charge on any atom is 0.341 e. The molecule has 0 aliphatic carbocycles. The molecule has 1 saturated heterocycles. The molecule has 1 N–H and O–H groups in total. The molecule has 5 aromatic rings. The number of benzene rings is 5. The van der Waals surface area contributed by atoms with E-state index in [4.69, 9.17) is 9.47 Å². The van der Waals surface area contributed by atoms with Gasteiger partial charge in [0.2, 0.25) is 20.0 Å². The van der Waals surface area contributed by atoms with Crippen LogP contribution in [-0.2, 0) is 55.5 Å². The number of rotatable bonds is 14. The zero-order valence-corrected chi connectivity index (χ0v) is 34.2. The fraction of sp³-hybridized carbons (Fsp3) is 0.283. The van der Waals surface area contributed by atoms with Gasteiger partial charge in [-0.3, -0.25) is 0 Å². The summed E-state index contributed by atoms with van der Waals surface area (Å²) in [5, 5.41) is 9.57. The maximum atomic E-state index is 14.3. The Labute approximate surface area is 341 Å². The smallest absolute Gasteiger partial charge is 0.341 e. The number of aliphatic carboxylic acids is 1. The van der Waals surface area contributed by atoms with Crippen LogP contribution in [0.5, 0.6) is 5.75 Å². The maximum absolute atomic E-state index is 14.3. The number of fused-ring (bicyclic) bond motifs is 1. The number of carboxylic acids is 1. The van der Waals surface area contributed by atoms with Gasteiger partial charge in [0, 0.05) is 44.1 Å². The van der Waals surface area contributed by atoms with Gasteiger partial charge < -0.3 is 14.6 Å². The van der Waals surface area contributed by atoms with Crippen LogP contribution in [0.4, 0.5) is 0 Å². The lowest BCUT2D eigenvalue weighted by Gasteiger charge is -2.43. The molecule has 2 aliphatic heterocycles. The first-order valence-electron chi connectivity index (χ1n) is 19.3. The highest BCUT2D eigenvalue weighted by atomic mass is 32.2. The monoisotopic (exact) mass is 820 g/mol. The first kappa shape index (κ1) is 41.1. The van der Waals surface area contributed by atoms with Crippen LogP contribution in [0.15, 0.2) is 149 Å². The van der Waals surface area contributed by atoms with Crippen molar-refractivity contribution < 1.29 is 36.2 Å². The molecule has 12 heteroatoms. The molecule has 0 saturated carbocycles. The van der Waals surface area contributed by atoms with Gasteiger partial charge in [-0.2, -0.15) is 8.61 Å². The predicted octanol–water partition coefficient (Wildman–Crippen LogP) is 7.77. The number of hydrogen-bond donors (Lipinski definition) is 1. The first-order chi connectivity index (χ1) is 27.8.